The predicted molar refractivity (Wildman–Crippen MR) is 112 cm³/mol. The summed E-state index contributed by atoms with van der Waals surface area (Å²) in [5, 5.41) is 3.32. The summed E-state index contributed by atoms with van der Waals surface area (Å²) in [5.74, 6) is 0.184. The van der Waals surface area contributed by atoms with Crippen LogP contribution < -0.4 is 10.1 Å². The van der Waals surface area contributed by atoms with E-state index in [4.69, 9.17) is 16.3 Å². The van der Waals surface area contributed by atoms with E-state index >= 15 is 0 Å². The zero-order valence-electron chi connectivity index (χ0n) is 16.6. The number of anilines is 1. The van der Waals surface area contributed by atoms with Crippen molar-refractivity contribution in [2.24, 2.45) is 5.92 Å². The first-order valence-corrected chi connectivity index (χ1v) is 9.90. The fourth-order valence-electron chi connectivity index (χ4n) is 3.23. The number of ether oxygens (including phenoxy) is 1. The van der Waals surface area contributed by atoms with Gasteiger partial charge in [-0.1, -0.05) is 17.7 Å². The largest absolute Gasteiger partial charge is 0.487 e. The molecule has 1 aromatic carbocycles. The Morgan fingerprint density at radius 2 is 2.17 bits per heavy atom. The molecule has 3 amide bonds. The number of rotatable bonds is 5. The van der Waals surface area contributed by atoms with Crippen LogP contribution in [-0.4, -0.2) is 53.9 Å². The van der Waals surface area contributed by atoms with E-state index in [9.17, 15) is 9.59 Å². The zero-order valence-corrected chi connectivity index (χ0v) is 17.4. The van der Waals surface area contributed by atoms with Crippen molar-refractivity contribution in [1.82, 2.24) is 14.8 Å². The van der Waals surface area contributed by atoms with Gasteiger partial charge < -0.3 is 19.9 Å². The summed E-state index contributed by atoms with van der Waals surface area (Å²) >= 11 is 6.31. The molecule has 2 heterocycles. The number of carbonyl (C=O) groups excluding carboxylic acids is 2. The third-order valence-electron chi connectivity index (χ3n) is 4.76. The van der Waals surface area contributed by atoms with Crippen LogP contribution in [0.2, 0.25) is 5.02 Å². The molecule has 1 atom stereocenters. The van der Waals surface area contributed by atoms with Crippen molar-refractivity contribution in [2.45, 2.75) is 19.4 Å². The second kappa shape index (κ2) is 9.60. The summed E-state index contributed by atoms with van der Waals surface area (Å²) < 4.78 is 5.73. The SMILES string of the molecule is CN(C)C(=O)N1CCC[C@H](C(=O)Nc2ccc(OCc3cccnc3)c(Cl)c2)C1. The monoisotopic (exact) mass is 416 g/mol. The predicted octanol–water partition coefficient (Wildman–Crippen LogP) is 3.65. The number of urea groups is 1. The smallest absolute Gasteiger partial charge is 0.319 e. The molecule has 1 N–H and O–H groups in total. The molecule has 7 nitrogen and oxygen atoms in total. The Hall–Kier alpha value is -2.80. The molecule has 0 unspecified atom stereocenters. The maximum Gasteiger partial charge on any atom is 0.319 e. The van der Waals surface area contributed by atoms with Crippen LogP contribution in [-0.2, 0) is 11.4 Å². The highest BCUT2D eigenvalue weighted by Gasteiger charge is 2.29. The summed E-state index contributed by atoms with van der Waals surface area (Å²) in [6.07, 6.45) is 5.00. The van der Waals surface area contributed by atoms with Crippen molar-refractivity contribution in [2.75, 3.05) is 32.5 Å². The van der Waals surface area contributed by atoms with E-state index in [2.05, 4.69) is 10.3 Å². The Morgan fingerprint density at radius 1 is 1.34 bits per heavy atom. The lowest BCUT2D eigenvalue weighted by molar-refractivity contribution is -0.121. The van der Waals surface area contributed by atoms with Crippen molar-refractivity contribution in [3.05, 3.63) is 53.3 Å². The first-order valence-electron chi connectivity index (χ1n) is 9.52. The number of amides is 3. The first-order chi connectivity index (χ1) is 13.9. The molecule has 1 aromatic heterocycles. The Labute approximate surface area is 175 Å². The minimum atomic E-state index is -0.243. The van der Waals surface area contributed by atoms with Gasteiger partial charge in [0.25, 0.3) is 0 Å². The molecule has 0 bridgehead atoms. The number of carbonyl (C=O) groups is 2. The molecule has 8 heteroatoms. The maximum atomic E-state index is 12.7. The summed E-state index contributed by atoms with van der Waals surface area (Å²) in [5.41, 5.74) is 1.54. The minimum absolute atomic E-state index is 0.0688. The number of hydrogen-bond donors (Lipinski definition) is 1. The number of likely N-dealkylation sites (tertiary alicyclic amines) is 1. The molecule has 1 aliphatic heterocycles. The summed E-state index contributed by atoms with van der Waals surface area (Å²) in [7, 11) is 3.43. The van der Waals surface area contributed by atoms with E-state index in [1.165, 1.54) is 4.90 Å². The fourth-order valence-corrected chi connectivity index (χ4v) is 3.47. The normalized spacial score (nSPS) is 16.2. The first kappa shape index (κ1) is 20.9. The Bertz CT molecular complexity index is 860. The number of benzene rings is 1. The molecule has 2 aromatic rings. The Balaban J connectivity index is 1.57. The van der Waals surface area contributed by atoms with Crippen LogP contribution in [0.5, 0.6) is 5.75 Å². The van der Waals surface area contributed by atoms with E-state index in [-0.39, 0.29) is 17.9 Å². The van der Waals surface area contributed by atoms with Crippen molar-refractivity contribution < 1.29 is 14.3 Å². The lowest BCUT2D eigenvalue weighted by atomic mass is 9.97. The number of nitrogens with one attached hydrogen (secondary N) is 1. The second-order valence-corrected chi connectivity index (χ2v) is 7.65. The van der Waals surface area contributed by atoms with Crippen LogP contribution in [0, 0.1) is 5.92 Å². The quantitative estimate of drug-likeness (QED) is 0.807. The van der Waals surface area contributed by atoms with Gasteiger partial charge in [0.05, 0.1) is 10.9 Å². The van der Waals surface area contributed by atoms with Gasteiger partial charge in [-0.3, -0.25) is 9.78 Å². The number of nitrogens with zero attached hydrogens (tertiary/aromatic N) is 3. The van der Waals surface area contributed by atoms with Crippen molar-refractivity contribution in [3.63, 3.8) is 0 Å². The standard InChI is InChI=1S/C21H25ClN4O3/c1-25(2)21(28)26-10-4-6-16(13-26)20(27)24-17-7-8-19(18(22)11-17)29-14-15-5-3-9-23-12-15/h3,5,7-9,11-12,16H,4,6,10,13-14H2,1-2H3,(H,24,27)/t16-/m0/s1. The Morgan fingerprint density at radius 3 is 2.86 bits per heavy atom. The van der Waals surface area contributed by atoms with E-state index in [0.29, 0.717) is 36.2 Å². The van der Waals surface area contributed by atoms with Gasteiger partial charge in [0.1, 0.15) is 12.4 Å². The lowest BCUT2D eigenvalue weighted by Crippen LogP contribution is -2.47. The topological polar surface area (TPSA) is 74.8 Å². The lowest BCUT2D eigenvalue weighted by Gasteiger charge is -2.33. The highest BCUT2D eigenvalue weighted by Crippen LogP contribution is 2.29. The van der Waals surface area contributed by atoms with Crippen LogP contribution in [0.15, 0.2) is 42.7 Å². The number of pyridine rings is 1. The molecule has 0 saturated carbocycles. The number of hydrogen-bond acceptors (Lipinski definition) is 4. The van der Waals surface area contributed by atoms with Gasteiger partial charge in [-0.15, -0.1) is 0 Å². The Kier molecular flexibility index (Phi) is 6.93. The van der Waals surface area contributed by atoms with Gasteiger partial charge in [-0.05, 0) is 37.1 Å². The van der Waals surface area contributed by atoms with Gasteiger partial charge in [-0.2, -0.15) is 0 Å². The van der Waals surface area contributed by atoms with Gasteiger partial charge in [0.2, 0.25) is 5.91 Å². The highest BCUT2D eigenvalue weighted by molar-refractivity contribution is 6.32. The maximum absolute atomic E-state index is 12.7. The average Bonchev–Trinajstić information content (AvgIpc) is 2.73. The molecule has 3 rings (SSSR count). The zero-order chi connectivity index (χ0) is 20.8. The average molecular weight is 417 g/mol. The van der Waals surface area contributed by atoms with Crippen LogP contribution in [0.1, 0.15) is 18.4 Å². The van der Waals surface area contributed by atoms with Crippen LogP contribution in [0.4, 0.5) is 10.5 Å². The van der Waals surface area contributed by atoms with E-state index in [1.54, 1.807) is 49.6 Å². The molecule has 0 spiro atoms. The molecule has 1 saturated heterocycles. The number of halogens is 1. The van der Waals surface area contributed by atoms with Gasteiger partial charge in [-0.25, -0.2) is 4.79 Å². The molecule has 0 aliphatic carbocycles. The second-order valence-electron chi connectivity index (χ2n) is 7.25. The number of aromatic nitrogens is 1. The van der Waals surface area contributed by atoms with Crippen LogP contribution in [0.3, 0.4) is 0 Å². The fraction of sp³-hybridized carbons (Fsp3) is 0.381. The van der Waals surface area contributed by atoms with Gasteiger partial charge >= 0.3 is 6.03 Å². The molecule has 1 fully saturated rings. The van der Waals surface area contributed by atoms with Crippen molar-refractivity contribution in [3.8, 4) is 5.75 Å². The highest BCUT2D eigenvalue weighted by atomic mass is 35.5. The molecule has 1 aliphatic rings. The van der Waals surface area contributed by atoms with E-state index in [1.807, 2.05) is 12.1 Å². The van der Waals surface area contributed by atoms with E-state index < -0.39 is 0 Å². The molecule has 29 heavy (non-hydrogen) atoms. The van der Waals surface area contributed by atoms with Crippen molar-refractivity contribution in [1.29, 1.82) is 0 Å². The van der Waals surface area contributed by atoms with Crippen LogP contribution >= 0.6 is 11.6 Å². The molecular formula is C21H25ClN4O3. The summed E-state index contributed by atoms with van der Waals surface area (Å²) in [6, 6.07) is 8.86. The molecular weight excluding hydrogens is 392 g/mol. The number of piperidine rings is 1. The van der Waals surface area contributed by atoms with Crippen LogP contribution in [0.25, 0.3) is 0 Å². The van der Waals surface area contributed by atoms with E-state index in [0.717, 1.165) is 18.4 Å². The third kappa shape index (κ3) is 5.60. The third-order valence-corrected chi connectivity index (χ3v) is 5.06. The van der Waals surface area contributed by atoms with Gasteiger partial charge in [0.15, 0.2) is 0 Å². The molecule has 0 radical (unpaired) electrons. The molecule has 154 valence electrons. The summed E-state index contributed by atoms with van der Waals surface area (Å²) in [4.78, 5) is 32.1. The minimum Gasteiger partial charge on any atom is -0.487 e. The van der Waals surface area contributed by atoms with Crippen molar-refractivity contribution >= 4 is 29.2 Å². The van der Waals surface area contributed by atoms with Gasteiger partial charge in [0, 0.05) is 50.8 Å². The summed E-state index contributed by atoms with van der Waals surface area (Å²) in [6.45, 7) is 1.45.